The number of Topliss-reactive ketones (excluding diaryl/α,β-unsaturated/α-hetero) is 1. The highest BCUT2D eigenvalue weighted by Crippen LogP contribution is 1.99. The van der Waals surface area contributed by atoms with Gasteiger partial charge in [-0.05, 0) is 13.8 Å². The molecule has 0 aliphatic carbocycles. The lowest BCUT2D eigenvalue weighted by atomic mass is 10.2. The summed E-state index contributed by atoms with van der Waals surface area (Å²) in [4.78, 5) is 14.6. The lowest BCUT2D eigenvalue weighted by Crippen LogP contribution is -2.16. The molecule has 0 fully saturated rings. The number of hydrogen-bond acceptors (Lipinski definition) is 5. The van der Waals surface area contributed by atoms with Crippen LogP contribution in [0.5, 0.6) is 0 Å². The van der Waals surface area contributed by atoms with Crippen LogP contribution < -0.4 is 0 Å². The van der Waals surface area contributed by atoms with Crippen molar-refractivity contribution in [3.8, 4) is 0 Å². The van der Waals surface area contributed by atoms with E-state index >= 15 is 0 Å². The van der Waals surface area contributed by atoms with Gasteiger partial charge in [-0.1, -0.05) is 0 Å². The first-order valence-corrected chi connectivity index (χ1v) is 4.18. The highest BCUT2D eigenvalue weighted by atomic mass is 16.3. The average molecular weight is 201 g/mol. The molecule has 0 unspecified atom stereocenters. The highest BCUT2D eigenvalue weighted by Gasteiger charge is 2.05. The molecule has 0 heterocycles. The molecular formula is C9H15NO4. The molecule has 0 aromatic heterocycles. The van der Waals surface area contributed by atoms with Gasteiger partial charge in [-0.25, -0.2) is 0 Å². The smallest absolute Gasteiger partial charge is 0.164 e. The van der Waals surface area contributed by atoms with Crippen LogP contribution in [0.4, 0.5) is 0 Å². The number of ketones is 1. The van der Waals surface area contributed by atoms with Gasteiger partial charge in [0.1, 0.15) is 5.76 Å². The van der Waals surface area contributed by atoms with Crippen molar-refractivity contribution in [2.45, 2.75) is 20.0 Å². The van der Waals surface area contributed by atoms with Gasteiger partial charge in [0.15, 0.2) is 5.78 Å². The largest absolute Gasteiger partial charge is 0.512 e. The van der Waals surface area contributed by atoms with Gasteiger partial charge in [-0.2, -0.15) is 0 Å². The lowest BCUT2D eigenvalue weighted by molar-refractivity contribution is -0.113. The van der Waals surface area contributed by atoms with Crippen LogP contribution in [-0.4, -0.2) is 46.6 Å². The van der Waals surface area contributed by atoms with Crippen molar-refractivity contribution in [2.24, 2.45) is 4.99 Å². The van der Waals surface area contributed by atoms with Crippen LogP contribution in [0.15, 0.2) is 16.3 Å². The Morgan fingerprint density at radius 2 is 2.07 bits per heavy atom. The molecule has 5 heteroatoms. The molecule has 0 amide bonds. The molecule has 0 saturated carbocycles. The summed E-state index contributed by atoms with van der Waals surface area (Å²) in [7, 11) is 0. The van der Waals surface area contributed by atoms with Crippen molar-refractivity contribution in [3.63, 3.8) is 0 Å². The molecule has 0 aromatic carbocycles. The van der Waals surface area contributed by atoms with Crippen molar-refractivity contribution in [2.75, 3.05) is 13.2 Å². The Morgan fingerprint density at radius 1 is 1.50 bits per heavy atom. The minimum absolute atomic E-state index is 0.000556. The lowest BCUT2D eigenvalue weighted by Gasteiger charge is -2.02. The number of allylic oxidation sites excluding steroid dienone is 2. The Kier molecular flexibility index (Phi) is 5.74. The van der Waals surface area contributed by atoms with Crippen LogP contribution in [0.1, 0.15) is 13.8 Å². The van der Waals surface area contributed by atoms with E-state index < -0.39 is 6.10 Å². The Bertz CT molecular complexity index is 254. The van der Waals surface area contributed by atoms with Gasteiger partial charge >= 0.3 is 0 Å². The normalized spacial score (nSPS) is 15.4. The fraction of sp³-hybridized carbons (Fsp3) is 0.556. The SMILES string of the molecule is CC(=O)/C(C=NC[C@@H](O)CO)=C(/C)O. The first-order valence-electron chi connectivity index (χ1n) is 4.18. The Balaban J connectivity index is 4.34. The fourth-order valence-corrected chi connectivity index (χ4v) is 0.762. The molecule has 0 aliphatic rings. The molecule has 80 valence electrons. The first kappa shape index (κ1) is 12.8. The van der Waals surface area contributed by atoms with E-state index in [9.17, 15) is 4.79 Å². The minimum Gasteiger partial charge on any atom is -0.512 e. The molecule has 0 spiro atoms. The molecule has 0 radical (unpaired) electrons. The van der Waals surface area contributed by atoms with E-state index in [0.29, 0.717) is 0 Å². The summed E-state index contributed by atoms with van der Waals surface area (Å²) in [6.45, 7) is 2.31. The molecule has 1 atom stereocenters. The zero-order valence-corrected chi connectivity index (χ0v) is 8.27. The maximum atomic E-state index is 10.9. The number of aliphatic hydroxyl groups is 3. The summed E-state index contributed by atoms with van der Waals surface area (Å²) in [5.74, 6) is -0.410. The Labute approximate surface area is 82.4 Å². The van der Waals surface area contributed by atoms with Crippen molar-refractivity contribution < 1.29 is 20.1 Å². The Morgan fingerprint density at radius 3 is 2.43 bits per heavy atom. The zero-order chi connectivity index (χ0) is 11.1. The van der Waals surface area contributed by atoms with Crippen LogP contribution in [-0.2, 0) is 4.79 Å². The van der Waals surface area contributed by atoms with E-state index in [1.165, 1.54) is 20.1 Å². The molecule has 0 aromatic rings. The maximum absolute atomic E-state index is 10.9. The number of carbonyl (C=O) groups excluding carboxylic acids is 1. The van der Waals surface area contributed by atoms with Crippen LogP contribution in [0.25, 0.3) is 0 Å². The van der Waals surface area contributed by atoms with Crippen molar-refractivity contribution in [3.05, 3.63) is 11.3 Å². The Hall–Kier alpha value is -1.20. The zero-order valence-electron chi connectivity index (χ0n) is 8.27. The van der Waals surface area contributed by atoms with Crippen molar-refractivity contribution in [1.82, 2.24) is 0 Å². The van der Waals surface area contributed by atoms with Gasteiger partial charge in [0.05, 0.1) is 24.8 Å². The summed E-state index contributed by atoms with van der Waals surface area (Å²) in [6, 6.07) is 0. The summed E-state index contributed by atoms with van der Waals surface area (Å²) in [6.07, 6.45) is 0.259. The van der Waals surface area contributed by atoms with Gasteiger partial charge in [-0.15, -0.1) is 0 Å². The van der Waals surface area contributed by atoms with Gasteiger partial charge < -0.3 is 15.3 Å². The number of carbonyl (C=O) groups is 1. The van der Waals surface area contributed by atoms with E-state index in [1.807, 2.05) is 0 Å². The van der Waals surface area contributed by atoms with E-state index in [0.717, 1.165) is 0 Å². The third kappa shape index (κ3) is 4.74. The van der Waals surface area contributed by atoms with E-state index in [1.54, 1.807) is 0 Å². The summed E-state index contributed by atoms with van der Waals surface area (Å²) in [5.41, 5.74) is 0.107. The van der Waals surface area contributed by atoms with Crippen LogP contribution in [0.2, 0.25) is 0 Å². The fourth-order valence-electron chi connectivity index (χ4n) is 0.762. The topological polar surface area (TPSA) is 90.1 Å². The highest BCUT2D eigenvalue weighted by molar-refractivity contribution is 6.12. The molecule has 0 bridgehead atoms. The number of hydrogen-bond donors (Lipinski definition) is 3. The molecular weight excluding hydrogens is 186 g/mol. The molecule has 3 N–H and O–H groups in total. The molecule has 0 aliphatic heterocycles. The maximum Gasteiger partial charge on any atom is 0.164 e. The quantitative estimate of drug-likeness (QED) is 0.327. The number of aliphatic hydroxyl groups excluding tert-OH is 3. The van der Waals surface area contributed by atoms with E-state index in [-0.39, 0.29) is 30.3 Å². The third-order valence-corrected chi connectivity index (χ3v) is 1.52. The molecule has 0 rings (SSSR count). The first-order chi connectivity index (χ1) is 6.49. The number of aliphatic imine (C=N–C) groups is 1. The molecule has 14 heavy (non-hydrogen) atoms. The van der Waals surface area contributed by atoms with Gasteiger partial charge in [-0.3, -0.25) is 9.79 Å². The number of nitrogens with zero attached hydrogens (tertiary/aromatic N) is 1. The van der Waals surface area contributed by atoms with Gasteiger partial charge in [0.25, 0.3) is 0 Å². The van der Waals surface area contributed by atoms with E-state index in [4.69, 9.17) is 15.3 Å². The average Bonchev–Trinajstić information content (AvgIpc) is 2.10. The van der Waals surface area contributed by atoms with E-state index in [2.05, 4.69) is 4.99 Å². The second-order valence-electron chi connectivity index (χ2n) is 2.89. The van der Waals surface area contributed by atoms with Crippen molar-refractivity contribution >= 4 is 12.0 Å². The molecule has 5 nitrogen and oxygen atoms in total. The number of rotatable bonds is 5. The second-order valence-corrected chi connectivity index (χ2v) is 2.89. The minimum atomic E-state index is -0.932. The monoisotopic (exact) mass is 201 g/mol. The van der Waals surface area contributed by atoms with Gasteiger partial charge in [0.2, 0.25) is 0 Å². The molecule has 0 saturated heterocycles. The van der Waals surface area contributed by atoms with Crippen LogP contribution in [0, 0.1) is 0 Å². The summed E-state index contributed by atoms with van der Waals surface area (Å²) < 4.78 is 0. The second kappa shape index (κ2) is 6.28. The van der Waals surface area contributed by atoms with Crippen molar-refractivity contribution in [1.29, 1.82) is 0 Å². The summed E-state index contributed by atoms with van der Waals surface area (Å²) in [5, 5.41) is 26.4. The summed E-state index contributed by atoms with van der Waals surface area (Å²) >= 11 is 0. The predicted molar refractivity (Wildman–Crippen MR) is 52.5 cm³/mol. The standard InChI is InChI=1S/C9H15NO4/c1-6(12)9(7(2)13)4-10-3-8(14)5-11/h4,8,11-12,14H,3,5H2,1-2H3/b9-6-,10-4?/t8-/m1/s1. The van der Waals surface area contributed by atoms with Gasteiger partial charge in [0, 0.05) is 6.21 Å². The van der Waals surface area contributed by atoms with Crippen LogP contribution >= 0.6 is 0 Å². The third-order valence-electron chi connectivity index (χ3n) is 1.52. The predicted octanol–water partition coefficient (Wildman–Crippen LogP) is -0.169. The van der Waals surface area contributed by atoms with Crippen LogP contribution in [0.3, 0.4) is 0 Å².